The van der Waals surface area contributed by atoms with Crippen LogP contribution in [0.4, 0.5) is 0 Å². The van der Waals surface area contributed by atoms with E-state index in [4.69, 9.17) is 5.73 Å². The average Bonchev–Trinajstić information content (AvgIpc) is 2.34. The maximum absolute atomic E-state index is 12.0. The number of hydrogen-bond donors (Lipinski definition) is 3. The number of aliphatic hydroxyl groups is 1. The Morgan fingerprint density at radius 1 is 1.42 bits per heavy atom. The number of rotatable bonds is 5. The van der Waals surface area contributed by atoms with Crippen LogP contribution in [0.5, 0.6) is 0 Å². The Labute approximate surface area is 115 Å². The van der Waals surface area contributed by atoms with E-state index in [0.717, 1.165) is 0 Å². The number of aliphatic hydroxyl groups excluding tert-OH is 1. The Morgan fingerprint density at radius 3 is 2.58 bits per heavy atom. The minimum Gasteiger partial charge on any atom is -0.381 e. The lowest BCUT2D eigenvalue weighted by Gasteiger charge is -2.12. The lowest BCUT2D eigenvalue weighted by atomic mass is 10.2. The third-order valence-corrected chi connectivity index (χ3v) is 3.06. The Bertz CT molecular complexity index is 507. The number of thioether (sulfide) groups is 1. The first-order valence-electron chi connectivity index (χ1n) is 5.51. The number of aromatic nitrogens is 2. The van der Waals surface area contributed by atoms with Gasteiger partial charge in [0.05, 0.1) is 17.8 Å². The predicted octanol–water partition coefficient (Wildman–Crippen LogP) is -0.609. The molecule has 0 aliphatic carbocycles. The Kier molecular flexibility index (Phi) is 5.25. The van der Waals surface area contributed by atoms with E-state index in [1.807, 2.05) is 0 Å². The smallest absolute Gasteiger partial charge is 0.255 e. The SMILES string of the molecule is CSc1nc(C)nc(C)c1C(=O)NCC(O)C(N)=O. The predicted molar refractivity (Wildman–Crippen MR) is 70.8 cm³/mol. The molecule has 0 radical (unpaired) electrons. The topological polar surface area (TPSA) is 118 Å². The van der Waals surface area contributed by atoms with Crippen LogP contribution in [-0.4, -0.2) is 45.8 Å². The van der Waals surface area contributed by atoms with E-state index in [0.29, 0.717) is 22.1 Å². The van der Waals surface area contributed by atoms with E-state index in [2.05, 4.69) is 15.3 Å². The highest BCUT2D eigenvalue weighted by Crippen LogP contribution is 2.20. The molecular formula is C11H16N4O3S. The lowest BCUT2D eigenvalue weighted by molar-refractivity contribution is -0.125. The summed E-state index contributed by atoms with van der Waals surface area (Å²) in [5, 5.41) is 12.2. The van der Waals surface area contributed by atoms with Crippen LogP contribution in [0.15, 0.2) is 5.03 Å². The van der Waals surface area contributed by atoms with Gasteiger partial charge in [-0.05, 0) is 20.1 Å². The second kappa shape index (κ2) is 6.48. The number of carbonyl (C=O) groups excluding carboxylic acids is 2. The van der Waals surface area contributed by atoms with Crippen molar-refractivity contribution in [3.05, 3.63) is 17.1 Å². The monoisotopic (exact) mass is 284 g/mol. The third kappa shape index (κ3) is 3.90. The number of amides is 2. The first kappa shape index (κ1) is 15.4. The molecule has 1 unspecified atom stereocenters. The zero-order valence-electron chi connectivity index (χ0n) is 10.9. The van der Waals surface area contributed by atoms with Crippen molar-refractivity contribution in [1.29, 1.82) is 0 Å². The van der Waals surface area contributed by atoms with E-state index in [9.17, 15) is 14.7 Å². The van der Waals surface area contributed by atoms with Crippen molar-refractivity contribution in [1.82, 2.24) is 15.3 Å². The van der Waals surface area contributed by atoms with Gasteiger partial charge in [-0.2, -0.15) is 0 Å². The first-order valence-corrected chi connectivity index (χ1v) is 6.74. The van der Waals surface area contributed by atoms with E-state index < -0.39 is 17.9 Å². The maximum atomic E-state index is 12.0. The molecule has 19 heavy (non-hydrogen) atoms. The number of primary amides is 1. The van der Waals surface area contributed by atoms with Gasteiger partial charge in [0, 0.05) is 0 Å². The molecule has 1 aromatic heterocycles. The van der Waals surface area contributed by atoms with Gasteiger partial charge in [-0.1, -0.05) is 0 Å². The van der Waals surface area contributed by atoms with Gasteiger partial charge in [0.15, 0.2) is 0 Å². The second-order valence-corrected chi connectivity index (χ2v) is 4.66. The van der Waals surface area contributed by atoms with Crippen molar-refractivity contribution >= 4 is 23.6 Å². The third-order valence-electron chi connectivity index (χ3n) is 2.37. The quantitative estimate of drug-likeness (QED) is 0.490. The van der Waals surface area contributed by atoms with Crippen LogP contribution in [0.3, 0.4) is 0 Å². The van der Waals surface area contributed by atoms with Gasteiger partial charge in [-0.15, -0.1) is 11.8 Å². The van der Waals surface area contributed by atoms with E-state index in [1.54, 1.807) is 20.1 Å². The molecule has 0 aromatic carbocycles. The van der Waals surface area contributed by atoms with Gasteiger partial charge in [0.25, 0.3) is 5.91 Å². The van der Waals surface area contributed by atoms with Gasteiger partial charge in [-0.25, -0.2) is 9.97 Å². The number of hydrogen-bond acceptors (Lipinski definition) is 6. The summed E-state index contributed by atoms with van der Waals surface area (Å²) in [6.07, 6.45) is 0.393. The van der Waals surface area contributed by atoms with Gasteiger partial charge in [-0.3, -0.25) is 9.59 Å². The highest BCUT2D eigenvalue weighted by atomic mass is 32.2. The largest absolute Gasteiger partial charge is 0.381 e. The summed E-state index contributed by atoms with van der Waals surface area (Å²) in [4.78, 5) is 31.0. The minimum absolute atomic E-state index is 0.241. The van der Waals surface area contributed by atoms with Crippen LogP contribution in [0.1, 0.15) is 21.9 Å². The fraction of sp³-hybridized carbons (Fsp3) is 0.455. The van der Waals surface area contributed by atoms with Crippen molar-refractivity contribution in [3.8, 4) is 0 Å². The molecule has 0 aliphatic heterocycles. The van der Waals surface area contributed by atoms with E-state index in [-0.39, 0.29) is 6.54 Å². The van der Waals surface area contributed by atoms with Crippen LogP contribution in [0, 0.1) is 13.8 Å². The molecule has 1 heterocycles. The molecule has 7 nitrogen and oxygen atoms in total. The van der Waals surface area contributed by atoms with Crippen molar-refractivity contribution in [3.63, 3.8) is 0 Å². The molecule has 4 N–H and O–H groups in total. The van der Waals surface area contributed by atoms with Crippen LogP contribution in [-0.2, 0) is 4.79 Å². The fourth-order valence-electron chi connectivity index (χ4n) is 1.47. The number of nitrogens with one attached hydrogen (secondary N) is 1. The lowest BCUT2D eigenvalue weighted by Crippen LogP contribution is -2.40. The van der Waals surface area contributed by atoms with Gasteiger partial charge < -0.3 is 16.2 Å². The maximum Gasteiger partial charge on any atom is 0.255 e. The summed E-state index contributed by atoms with van der Waals surface area (Å²) in [5.41, 5.74) is 5.78. The molecule has 0 saturated heterocycles. The molecule has 0 saturated carbocycles. The summed E-state index contributed by atoms with van der Waals surface area (Å²) >= 11 is 1.33. The Morgan fingerprint density at radius 2 is 2.05 bits per heavy atom. The summed E-state index contributed by atoms with van der Waals surface area (Å²) in [6.45, 7) is 3.20. The van der Waals surface area contributed by atoms with Crippen molar-refractivity contribution < 1.29 is 14.7 Å². The van der Waals surface area contributed by atoms with Crippen LogP contribution < -0.4 is 11.1 Å². The molecule has 0 spiro atoms. The zero-order chi connectivity index (χ0) is 14.6. The van der Waals surface area contributed by atoms with Crippen molar-refractivity contribution in [2.24, 2.45) is 5.73 Å². The van der Waals surface area contributed by atoms with Crippen molar-refractivity contribution in [2.75, 3.05) is 12.8 Å². The van der Waals surface area contributed by atoms with E-state index >= 15 is 0 Å². The number of nitrogens with zero attached hydrogens (tertiary/aromatic N) is 2. The summed E-state index contributed by atoms with van der Waals surface area (Å²) in [5.74, 6) is -0.750. The minimum atomic E-state index is -1.41. The first-order chi connectivity index (χ1) is 8.86. The molecule has 0 aliphatic rings. The fourth-order valence-corrected chi connectivity index (χ4v) is 2.14. The molecule has 1 atom stereocenters. The molecule has 1 rings (SSSR count). The molecule has 104 valence electrons. The van der Waals surface area contributed by atoms with Gasteiger partial charge in [0.1, 0.15) is 17.0 Å². The molecule has 0 fully saturated rings. The standard InChI is InChI=1S/C11H16N4O3S/c1-5-8(11(19-3)15-6(2)14-5)10(18)13-4-7(16)9(12)17/h7,16H,4H2,1-3H3,(H2,12,17)(H,13,18). The second-order valence-electron chi connectivity index (χ2n) is 3.87. The molecule has 0 bridgehead atoms. The highest BCUT2D eigenvalue weighted by molar-refractivity contribution is 7.98. The number of aryl methyl sites for hydroxylation is 2. The highest BCUT2D eigenvalue weighted by Gasteiger charge is 2.19. The molecule has 1 aromatic rings. The molecular weight excluding hydrogens is 268 g/mol. The van der Waals surface area contributed by atoms with Crippen LogP contribution in [0.25, 0.3) is 0 Å². The normalized spacial score (nSPS) is 12.0. The van der Waals surface area contributed by atoms with Crippen LogP contribution in [0.2, 0.25) is 0 Å². The van der Waals surface area contributed by atoms with E-state index in [1.165, 1.54) is 11.8 Å². The number of nitrogens with two attached hydrogens (primary N) is 1. The summed E-state index contributed by atoms with van der Waals surface area (Å²) < 4.78 is 0. The van der Waals surface area contributed by atoms with Gasteiger partial charge >= 0.3 is 0 Å². The molecule has 2 amide bonds. The Balaban J connectivity index is 2.91. The molecule has 8 heteroatoms. The van der Waals surface area contributed by atoms with Crippen LogP contribution >= 0.6 is 11.8 Å². The average molecular weight is 284 g/mol. The summed E-state index contributed by atoms with van der Waals surface area (Å²) in [6, 6.07) is 0. The Hall–Kier alpha value is -1.67. The van der Waals surface area contributed by atoms with Crippen molar-refractivity contribution in [2.45, 2.75) is 25.0 Å². The zero-order valence-corrected chi connectivity index (χ0v) is 11.7. The summed E-state index contributed by atoms with van der Waals surface area (Å²) in [7, 11) is 0. The van der Waals surface area contributed by atoms with Gasteiger partial charge in [0.2, 0.25) is 5.91 Å². The number of carbonyl (C=O) groups is 2.